The van der Waals surface area contributed by atoms with E-state index in [0.29, 0.717) is 17.2 Å². The minimum atomic E-state index is -3.17. The van der Waals surface area contributed by atoms with Crippen LogP contribution in [0.2, 0.25) is 0 Å². The molecule has 0 atom stereocenters. The number of hydrogen-bond acceptors (Lipinski definition) is 6. The summed E-state index contributed by atoms with van der Waals surface area (Å²) in [4.78, 5) is 8.30. The van der Waals surface area contributed by atoms with Crippen molar-refractivity contribution in [2.24, 2.45) is 0 Å². The topological polar surface area (TPSA) is 112 Å². The molecule has 0 saturated heterocycles. The number of nitrogen functional groups attached to an aromatic ring is 2. The second-order valence-corrected chi connectivity index (χ2v) is 6.44. The first-order chi connectivity index (χ1) is 8.83. The van der Waals surface area contributed by atoms with Crippen LogP contribution in [-0.4, -0.2) is 24.6 Å². The number of hydrogen-bond donors (Lipinski definition) is 2. The molecule has 0 aliphatic rings. The van der Waals surface area contributed by atoms with Crippen LogP contribution in [0.1, 0.15) is 5.69 Å². The zero-order chi connectivity index (χ0) is 14.0. The molecule has 4 N–H and O–H groups in total. The molecule has 0 unspecified atom stereocenters. The lowest BCUT2D eigenvalue weighted by Crippen LogP contribution is -2.06. The van der Waals surface area contributed by atoms with Crippen LogP contribution in [0, 0.1) is 0 Å². The average Bonchev–Trinajstić information content (AvgIpc) is 2.26. The van der Waals surface area contributed by atoms with Crippen molar-refractivity contribution >= 4 is 21.3 Å². The number of benzene rings is 1. The highest BCUT2D eigenvalue weighted by molar-refractivity contribution is 7.89. The summed E-state index contributed by atoms with van der Waals surface area (Å²) in [5.74, 6) is 0.459. The minimum absolute atomic E-state index is 0.165. The molecule has 0 bridgehead atoms. The van der Waals surface area contributed by atoms with E-state index >= 15 is 0 Å². The summed E-state index contributed by atoms with van der Waals surface area (Å²) < 4.78 is 22.6. The van der Waals surface area contributed by atoms with E-state index in [9.17, 15) is 8.42 Å². The highest BCUT2D eigenvalue weighted by Gasteiger charge is 2.10. The molecule has 0 spiro atoms. The van der Waals surface area contributed by atoms with Crippen molar-refractivity contribution in [1.82, 2.24) is 9.97 Å². The molecule has 100 valence electrons. The average molecular weight is 278 g/mol. The molecule has 6 nitrogen and oxygen atoms in total. The van der Waals surface area contributed by atoms with Gasteiger partial charge in [-0.3, -0.25) is 0 Å². The molecule has 19 heavy (non-hydrogen) atoms. The third kappa shape index (κ3) is 3.65. The number of aromatic nitrogens is 2. The molecular weight excluding hydrogens is 264 g/mol. The predicted molar refractivity (Wildman–Crippen MR) is 74.8 cm³/mol. The Labute approximate surface area is 111 Å². The standard InChI is InChI=1S/C12H14N4O2S/c1-19(17,18)7-10-6-11(14)16-12(15-10)8-2-4-9(13)5-3-8/h2-6H,7,13H2,1H3,(H2,14,15,16). The first kappa shape index (κ1) is 13.3. The fourth-order valence-corrected chi connectivity index (χ4v) is 2.31. The SMILES string of the molecule is CS(=O)(=O)Cc1cc(N)nc(-c2ccc(N)cc2)n1. The van der Waals surface area contributed by atoms with Gasteiger partial charge < -0.3 is 11.5 Å². The molecule has 1 heterocycles. The van der Waals surface area contributed by atoms with Gasteiger partial charge in [0, 0.05) is 23.6 Å². The number of rotatable bonds is 3. The van der Waals surface area contributed by atoms with Crippen LogP contribution in [0.5, 0.6) is 0 Å². The molecule has 0 aliphatic carbocycles. The maximum Gasteiger partial charge on any atom is 0.161 e. The smallest absolute Gasteiger partial charge is 0.161 e. The Morgan fingerprint density at radius 3 is 2.32 bits per heavy atom. The van der Waals surface area contributed by atoms with Crippen LogP contribution >= 0.6 is 0 Å². The lowest BCUT2D eigenvalue weighted by Gasteiger charge is -2.05. The predicted octanol–water partition coefficient (Wildman–Crippen LogP) is 0.853. The van der Waals surface area contributed by atoms with Crippen molar-refractivity contribution in [2.75, 3.05) is 17.7 Å². The van der Waals surface area contributed by atoms with Crippen molar-refractivity contribution < 1.29 is 8.42 Å². The van der Waals surface area contributed by atoms with Crippen molar-refractivity contribution in [2.45, 2.75) is 5.75 Å². The van der Waals surface area contributed by atoms with E-state index < -0.39 is 9.84 Å². The van der Waals surface area contributed by atoms with E-state index in [1.54, 1.807) is 24.3 Å². The minimum Gasteiger partial charge on any atom is -0.399 e. The van der Waals surface area contributed by atoms with E-state index in [1.165, 1.54) is 6.07 Å². The molecule has 1 aromatic heterocycles. The normalized spacial score (nSPS) is 11.4. The monoisotopic (exact) mass is 278 g/mol. The second-order valence-electron chi connectivity index (χ2n) is 4.30. The van der Waals surface area contributed by atoms with Gasteiger partial charge in [0.25, 0.3) is 0 Å². The van der Waals surface area contributed by atoms with E-state index in [-0.39, 0.29) is 11.6 Å². The van der Waals surface area contributed by atoms with Crippen molar-refractivity contribution in [3.63, 3.8) is 0 Å². The van der Waals surface area contributed by atoms with Gasteiger partial charge in [-0.2, -0.15) is 0 Å². The summed E-state index contributed by atoms with van der Waals surface area (Å²) in [5.41, 5.74) is 13.0. The van der Waals surface area contributed by atoms with Crippen LogP contribution in [-0.2, 0) is 15.6 Å². The van der Waals surface area contributed by atoms with Gasteiger partial charge in [0.1, 0.15) is 5.82 Å². The maximum atomic E-state index is 11.3. The van der Waals surface area contributed by atoms with Crippen LogP contribution in [0.25, 0.3) is 11.4 Å². The third-order valence-electron chi connectivity index (χ3n) is 2.38. The Kier molecular flexibility index (Phi) is 3.39. The molecule has 2 aromatic rings. The van der Waals surface area contributed by atoms with E-state index in [2.05, 4.69) is 9.97 Å². The van der Waals surface area contributed by atoms with Gasteiger partial charge >= 0.3 is 0 Å². The summed E-state index contributed by atoms with van der Waals surface area (Å²) in [6.45, 7) is 0. The van der Waals surface area contributed by atoms with E-state index in [0.717, 1.165) is 11.8 Å². The molecule has 1 aromatic carbocycles. The van der Waals surface area contributed by atoms with Crippen molar-refractivity contribution in [3.8, 4) is 11.4 Å². The zero-order valence-corrected chi connectivity index (χ0v) is 11.2. The van der Waals surface area contributed by atoms with Gasteiger partial charge in [-0.1, -0.05) is 0 Å². The first-order valence-electron chi connectivity index (χ1n) is 5.50. The van der Waals surface area contributed by atoms with Gasteiger partial charge in [0.05, 0.1) is 11.4 Å². The molecule has 0 saturated carbocycles. The van der Waals surface area contributed by atoms with Gasteiger partial charge in [0.2, 0.25) is 0 Å². The Morgan fingerprint density at radius 1 is 1.11 bits per heavy atom. The summed E-state index contributed by atoms with van der Waals surface area (Å²) in [7, 11) is -3.17. The number of nitrogens with two attached hydrogens (primary N) is 2. The van der Waals surface area contributed by atoms with Gasteiger partial charge in [0.15, 0.2) is 15.7 Å². The Balaban J connectivity index is 2.44. The summed E-state index contributed by atoms with van der Waals surface area (Å²) in [6.07, 6.45) is 1.15. The van der Waals surface area contributed by atoms with E-state index in [1.807, 2.05) is 0 Å². The van der Waals surface area contributed by atoms with Crippen LogP contribution in [0.4, 0.5) is 11.5 Å². The molecule has 0 radical (unpaired) electrons. The van der Waals surface area contributed by atoms with Crippen LogP contribution in [0.3, 0.4) is 0 Å². The first-order valence-corrected chi connectivity index (χ1v) is 7.56. The number of nitrogens with zero attached hydrogens (tertiary/aromatic N) is 2. The lowest BCUT2D eigenvalue weighted by atomic mass is 10.2. The second kappa shape index (κ2) is 4.85. The largest absolute Gasteiger partial charge is 0.399 e. The summed E-state index contributed by atoms with van der Waals surface area (Å²) >= 11 is 0. The lowest BCUT2D eigenvalue weighted by molar-refractivity contribution is 0.600. The van der Waals surface area contributed by atoms with Crippen molar-refractivity contribution in [3.05, 3.63) is 36.0 Å². The number of sulfone groups is 1. The van der Waals surface area contributed by atoms with Crippen LogP contribution < -0.4 is 11.5 Å². The fraction of sp³-hybridized carbons (Fsp3) is 0.167. The highest BCUT2D eigenvalue weighted by Crippen LogP contribution is 2.19. The molecule has 0 amide bonds. The van der Waals surface area contributed by atoms with Gasteiger partial charge in [-0.05, 0) is 24.3 Å². The highest BCUT2D eigenvalue weighted by atomic mass is 32.2. The molecular formula is C12H14N4O2S. The fourth-order valence-electron chi connectivity index (χ4n) is 1.62. The molecule has 0 fully saturated rings. The molecule has 0 aliphatic heterocycles. The van der Waals surface area contributed by atoms with Crippen LogP contribution in [0.15, 0.2) is 30.3 Å². The molecule has 7 heteroatoms. The quantitative estimate of drug-likeness (QED) is 0.805. The number of anilines is 2. The van der Waals surface area contributed by atoms with Crippen molar-refractivity contribution in [1.29, 1.82) is 0 Å². The zero-order valence-electron chi connectivity index (χ0n) is 10.4. The Bertz CT molecular complexity index is 696. The summed E-state index contributed by atoms with van der Waals surface area (Å²) in [6, 6.07) is 8.42. The molecule has 2 rings (SSSR count). The van der Waals surface area contributed by atoms with E-state index in [4.69, 9.17) is 11.5 Å². The van der Waals surface area contributed by atoms with Gasteiger partial charge in [-0.25, -0.2) is 18.4 Å². The Hall–Kier alpha value is -2.15. The van der Waals surface area contributed by atoms with Gasteiger partial charge in [-0.15, -0.1) is 0 Å². The maximum absolute atomic E-state index is 11.3. The third-order valence-corrected chi connectivity index (χ3v) is 3.20. The Morgan fingerprint density at radius 2 is 1.74 bits per heavy atom. The summed E-state index contributed by atoms with van der Waals surface area (Å²) in [5, 5.41) is 0.